The molecule has 0 saturated heterocycles. The quantitative estimate of drug-likeness (QED) is 0.839. The van der Waals surface area contributed by atoms with Gasteiger partial charge in [0.25, 0.3) is 0 Å². The van der Waals surface area contributed by atoms with E-state index >= 15 is 0 Å². The van der Waals surface area contributed by atoms with Crippen LogP contribution >= 0.6 is 0 Å². The smallest absolute Gasteiger partial charge is 0.173 e. The zero-order chi connectivity index (χ0) is 14.7. The molecule has 3 heteroatoms. The summed E-state index contributed by atoms with van der Waals surface area (Å²) in [6.45, 7) is 0.168. The van der Waals surface area contributed by atoms with Crippen molar-refractivity contribution in [2.75, 3.05) is 6.61 Å². The van der Waals surface area contributed by atoms with E-state index in [-0.39, 0.29) is 18.3 Å². The van der Waals surface area contributed by atoms with Gasteiger partial charge in [0.2, 0.25) is 0 Å². The van der Waals surface area contributed by atoms with Crippen molar-refractivity contribution in [2.45, 2.75) is 12.8 Å². The van der Waals surface area contributed by atoms with Crippen LogP contribution in [0.5, 0.6) is 5.75 Å². The van der Waals surface area contributed by atoms with E-state index in [1.165, 1.54) is 0 Å². The highest BCUT2D eigenvalue weighted by Crippen LogP contribution is 2.30. The molecular weight excluding hydrogens is 262 g/mol. The highest BCUT2D eigenvalue weighted by Gasteiger charge is 2.29. The lowest BCUT2D eigenvalue weighted by atomic mass is 10.0. The highest BCUT2D eigenvalue weighted by atomic mass is 16.5. The number of Topliss-reactive ketones (excluding diaryl/α,β-unsaturated/α-hetero) is 1. The van der Waals surface area contributed by atoms with Crippen LogP contribution in [0.25, 0.3) is 11.1 Å². The van der Waals surface area contributed by atoms with Crippen LogP contribution in [-0.2, 0) is 4.79 Å². The molecule has 0 heterocycles. The second-order valence-corrected chi connectivity index (χ2v) is 5.24. The van der Waals surface area contributed by atoms with Crippen molar-refractivity contribution in [3.63, 3.8) is 0 Å². The summed E-state index contributed by atoms with van der Waals surface area (Å²) >= 11 is 0. The van der Waals surface area contributed by atoms with Gasteiger partial charge in [-0.25, -0.2) is 0 Å². The second kappa shape index (κ2) is 5.80. The zero-order valence-electron chi connectivity index (χ0n) is 11.6. The molecule has 104 valence electrons. The molecule has 0 spiro atoms. The predicted octanol–water partition coefficient (Wildman–Crippen LogP) is 3.58. The Kier molecular flexibility index (Phi) is 3.70. The van der Waals surface area contributed by atoms with Crippen LogP contribution in [0.1, 0.15) is 18.4 Å². The van der Waals surface area contributed by atoms with Gasteiger partial charge in [0, 0.05) is 5.92 Å². The van der Waals surface area contributed by atoms with Gasteiger partial charge in [-0.05, 0) is 48.2 Å². The van der Waals surface area contributed by atoms with E-state index in [1.54, 1.807) is 12.1 Å². The first kappa shape index (κ1) is 13.4. The maximum Gasteiger partial charge on any atom is 0.173 e. The molecular formula is C18H15NO2. The van der Waals surface area contributed by atoms with E-state index in [9.17, 15) is 4.79 Å². The average molecular weight is 277 g/mol. The van der Waals surface area contributed by atoms with Gasteiger partial charge in [-0.15, -0.1) is 0 Å². The Morgan fingerprint density at radius 1 is 1.05 bits per heavy atom. The van der Waals surface area contributed by atoms with Crippen molar-refractivity contribution < 1.29 is 9.53 Å². The van der Waals surface area contributed by atoms with E-state index < -0.39 is 0 Å². The molecule has 0 aromatic heterocycles. The molecule has 1 saturated carbocycles. The highest BCUT2D eigenvalue weighted by molar-refractivity contribution is 5.84. The molecule has 3 nitrogen and oxygen atoms in total. The lowest BCUT2D eigenvalue weighted by Gasteiger charge is -2.06. The Balaban J connectivity index is 1.65. The Morgan fingerprint density at radius 3 is 2.14 bits per heavy atom. The third-order valence-corrected chi connectivity index (χ3v) is 3.62. The summed E-state index contributed by atoms with van der Waals surface area (Å²) in [5.41, 5.74) is 2.76. The van der Waals surface area contributed by atoms with Crippen molar-refractivity contribution >= 4 is 5.78 Å². The SMILES string of the molecule is N#Cc1ccc(-c2ccc(OCC(=O)C3CC3)cc2)cc1. The first-order valence-corrected chi connectivity index (χ1v) is 7.02. The number of nitrogens with zero attached hydrogens (tertiary/aromatic N) is 1. The summed E-state index contributed by atoms with van der Waals surface area (Å²) in [6, 6.07) is 17.2. The normalized spacial score (nSPS) is 13.5. The predicted molar refractivity (Wildman–Crippen MR) is 79.8 cm³/mol. The molecule has 0 bridgehead atoms. The summed E-state index contributed by atoms with van der Waals surface area (Å²) in [6.07, 6.45) is 2.03. The molecule has 2 aromatic rings. The molecule has 0 amide bonds. The lowest BCUT2D eigenvalue weighted by molar-refractivity contribution is -0.122. The third-order valence-electron chi connectivity index (χ3n) is 3.62. The van der Waals surface area contributed by atoms with Crippen molar-refractivity contribution in [3.8, 4) is 22.9 Å². The molecule has 2 aromatic carbocycles. The van der Waals surface area contributed by atoms with Crippen molar-refractivity contribution in [1.82, 2.24) is 0 Å². The van der Waals surface area contributed by atoms with Crippen LogP contribution in [0.4, 0.5) is 0 Å². The van der Waals surface area contributed by atoms with Crippen molar-refractivity contribution in [2.24, 2.45) is 5.92 Å². The number of carbonyl (C=O) groups excluding carboxylic acids is 1. The van der Waals surface area contributed by atoms with Gasteiger partial charge in [-0.2, -0.15) is 5.26 Å². The number of hydrogen-bond donors (Lipinski definition) is 0. The molecule has 0 N–H and O–H groups in total. The molecule has 1 fully saturated rings. The topological polar surface area (TPSA) is 50.1 Å². The fourth-order valence-corrected chi connectivity index (χ4v) is 2.16. The first-order valence-electron chi connectivity index (χ1n) is 7.02. The van der Waals surface area contributed by atoms with Crippen molar-refractivity contribution in [1.29, 1.82) is 5.26 Å². The molecule has 0 atom stereocenters. The van der Waals surface area contributed by atoms with Crippen LogP contribution in [0.3, 0.4) is 0 Å². The Hall–Kier alpha value is -2.60. The summed E-state index contributed by atoms with van der Waals surface area (Å²) in [5, 5.41) is 8.79. The van der Waals surface area contributed by atoms with Crippen molar-refractivity contribution in [3.05, 3.63) is 54.1 Å². The molecule has 0 radical (unpaired) electrons. The minimum atomic E-state index is 0.168. The fourth-order valence-electron chi connectivity index (χ4n) is 2.16. The molecule has 21 heavy (non-hydrogen) atoms. The molecule has 0 aliphatic heterocycles. The maximum atomic E-state index is 11.6. The van der Waals surface area contributed by atoms with Crippen LogP contribution < -0.4 is 4.74 Å². The van der Waals surface area contributed by atoms with Gasteiger partial charge < -0.3 is 4.74 Å². The zero-order valence-corrected chi connectivity index (χ0v) is 11.6. The number of ketones is 1. The number of ether oxygens (including phenoxy) is 1. The summed E-state index contributed by atoms with van der Waals surface area (Å²) in [4.78, 5) is 11.6. The maximum absolute atomic E-state index is 11.6. The Morgan fingerprint density at radius 2 is 1.62 bits per heavy atom. The molecule has 0 unspecified atom stereocenters. The number of rotatable bonds is 5. The fraction of sp³-hybridized carbons (Fsp3) is 0.222. The summed E-state index contributed by atoms with van der Waals surface area (Å²) < 4.78 is 5.50. The lowest BCUT2D eigenvalue weighted by Crippen LogP contribution is -2.12. The number of carbonyl (C=O) groups is 1. The third kappa shape index (κ3) is 3.29. The van der Waals surface area contributed by atoms with Gasteiger partial charge in [0.1, 0.15) is 12.4 Å². The molecule has 3 rings (SSSR count). The van der Waals surface area contributed by atoms with Gasteiger partial charge >= 0.3 is 0 Å². The van der Waals surface area contributed by atoms with Gasteiger partial charge in [-0.3, -0.25) is 4.79 Å². The van der Waals surface area contributed by atoms with Crippen LogP contribution in [0.15, 0.2) is 48.5 Å². The van der Waals surface area contributed by atoms with E-state index in [2.05, 4.69) is 6.07 Å². The van der Waals surface area contributed by atoms with Crippen LogP contribution in [0, 0.1) is 17.2 Å². The average Bonchev–Trinajstić information content (AvgIpc) is 3.38. The molecule has 1 aliphatic rings. The summed E-state index contributed by atoms with van der Waals surface area (Å²) in [5.74, 6) is 1.15. The van der Waals surface area contributed by atoms with Gasteiger partial charge in [0.05, 0.1) is 11.6 Å². The number of hydrogen-bond acceptors (Lipinski definition) is 3. The van der Waals surface area contributed by atoms with Crippen LogP contribution in [-0.4, -0.2) is 12.4 Å². The van der Waals surface area contributed by atoms with Gasteiger partial charge in [-0.1, -0.05) is 24.3 Å². The Labute approximate surface area is 123 Å². The number of benzene rings is 2. The van der Waals surface area contributed by atoms with E-state index in [1.807, 2.05) is 36.4 Å². The summed E-state index contributed by atoms with van der Waals surface area (Å²) in [7, 11) is 0. The molecule has 1 aliphatic carbocycles. The first-order chi connectivity index (χ1) is 10.3. The minimum Gasteiger partial charge on any atom is -0.486 e. The largest absolute Gasteiger partial charge is 0.486 e. The van der Waals surface area contributed by atoms with Gasteiger partial charge in [0.15, 0.2) is 5.78 Å². The minimum absolute atomic E-state index is 0.168. The van der Waals surface area contributed by atoms with E-state index in [0.29, 0.717) is 11.3 Å². The van der Waals surface area contributed by atoms with Crippen LogP contribution in [0.2, 0.25) is 0 Å². The monoisotopic (exact) mass is 277 g/mol. The van der Waals surface area contributed by atoms with E-state index in [0.717, 1.165) is 24.0 Å². The Bertz CT molecular complexity index is 677. The number of nitriles is 1. The standard InChI is InChI=1S/C18H15NO2/c19-11-13-1-3-14(4-2-13)15-7-9-17(10-8-15)21-12-18(20)16-5-6-16/h1-4,7-10,16H,5-6,12H2. The van der Waals surface area contributed by atoms with E-state index in [4.69, 9.17) is 10.00 Å². The second-order valence-electron chi connectivity index (χ2n) is 5.24.